The number of halogens is 2. The summed E-state index contributed by atoms with van der Waals surface area (Å²) in [6.45, 7) is 0.352. The summed E-state index contributed by atoms with van der Waals surface area (Å²) in [5.74, 6) is -0.704. The molecular weight excluding hydrogens is 465 g/mol. The molecule has 0 unspecified atom stereocenters. The lowest BCUT2D eigenvalue weighted by molar-refractivity contribution is -0.528. The highest BCUT2D eigenvalue weighted by molar-refractivity contribution is 6.31. The van der Waals surface area contributed by atoms with Crippen molar-refractivity contribution in [3.8, 4) is 0 Å². The number of fused-ring (bicyclic) bond motifs is 2. The molecule has 1 saturated heterocycles. The highest BCUT2D eigenvalue weighted by Crippen LogP contribution is 2.59. The first-order valence-electron chi connectivity index (χ1n) is 10.8. The zero-order valence-electron chi connectivity index (χ0n) is 17.2. The molecule has 1 aliphatic carbocycles. The molecule has 2 N–H and O–H groups in total. The van der Waals surface area contributed by atoms with Crippen LogP contribution in [0.25, 0.3) is 0 Å². The van der Waals surface area contributed by atoms with Crippen LogP contribution in [-0.2, 0) is 10.3 Å². The number of hydrogen-bond donors (Lipinski definition) is 2. The number of rotatable bonds is 6. The van der Waals surface area contributed by atoms with Crippen LogP contribution in [0.5, 0.6) is 0 Å². The second-order valence-electron chi connectivity index (χ2n) is 8.89. The van der Waals surface area contributed by atoms with Crippen molar-refractivity contribution in [2.75, 3.05) is 18.5 Å². The Morgan fingerprint density at radius 3 is 2.55 bits per heavy atom. The minimum Gasteiger partial charge on any atom is -0.396 e. The third-order valence-electron chi connectivity index (χ3n) is 7.05. The zero-order chi connectivity index (χ0) is 22.6. The average molecular weight is 492 g/mol. The maximum Gasteiger partial charge on any atom is 0.250 e. The van der Waals surface area contributed by atoms with Crippen LogP contribution in [-0.4, -0.2) is 46.1 Å². The molecule has 1 amide bonds. The molecule has 1 saturated carbocycles. The first-order valence-corrected chi connectivity index (χ1v) is 11.5. The molecule has 7 nitrogen and oxygen atoms in total. The van der Waals surface area contributed by atoms with Crippen LogP contribution in [0.1, 0.15) is 43.7 Å². The largest absolute Gasteiger partial charge is 0.396 e. The second-order valence-corrected chi connectivity index (χ2v) is 9.77. The number of amides is 1. The summed E-state index contributed by atoms with van der Waals surface area (Å²) in [6, 6.07) is 10.5. The number of nitrogens with zero attached hydrogens (tertiary/aromatic N) is 2. The molecule has 9 heteroatoms. The predicted octanol–water partition coefficient (Wildman–Crippen LogP) is 4.68. The summed E-state index contributed by atoms with van der Waals surface area (Å²) in [6.07, 6.45) is 2.25. The van der Waals surface area contributed by atoms with Gasteiger partial charge in [0.15, 0.2) is 0 Å². The van der Waals surface area contributed by atoms with Crippen LogP contribution in [0.4, 0.5) is 5.69 Å². The van der Waals surface area contributed by atoms with Crippen LogP contribution in [0.15, 0.2) is 42.5 Å². The third kappa shape index (κ3) is 3.71. The highest BCUT2D eigenvalue weighted by Gasteiger charge is 2.70. The fourth-order valence-electron chi connectivity index (χ4n) is 5.70. The average Bonchev–Trinajstić information content (AvgIpc) is 3.45. The minimum absolute atomic E-state index is 0. The van der Waals surface area contributed by atoms with Crippen molar-refractivity contribution < 1.29 is 14.8 Å². The van der Waals surface area contributed by atoms with E-state index in [1.807, 2.05) is 4.90 Å². The normalized spacial score (nSPS) is 28.5. The van der Waals surface area contributed by atoms with Gasteiger partial charge >= 0.3 is 0 Å². The molecule has 1 spiro atoms. The van der Waals surface area contributed by atoms with Gasteiger partial charge in [0.25, 0.3) is 5.91 Å². The maximum absolute atomic E-state index is 13.9. The SMILES string of the molecule is C.O=C1Nc2cc(Cl)ccc2[C@@]12[C@@H](c1cccc(Cl)c1)[C@H]([N+](=O)[O-])[C@H](CCO)N2CC1CC1. The van der Waals surface area contributed by atoms with E-state index in [1.165, 1.54) is 0 Å². The Labute approximate surface area is 202 Å². The molecule has 2 fully saturated rings. The topological polar surface area (TPSA) is 95.7 Å². The monoisotopic (exact) mass is 491 g/mol. The molecule has 2 aromatic carbocycles. The highest BCUT2D eigenvalue weighted by atomic mass is 35.5. The summed E-state index contributed by atoms with van der Waals surface area (Å²) in [5.41, 5.74) is 0.607. The Balaban J connectivity index is 0.00000259. The van der Waals surface area contributed by atoms with E-state index in [1.54, 1.807) is 42.5 Å². The van der Waals surface area contributed by atoms with Crippen molar-refractivity contribution in [1.29, 1.82) is 0 Å². The molecule has 176 valence electrons. The molecule has 2 aromatic rings. The predicted molar refractivity (Wildman–Crippen MR) is 128 cm³/mol. The first kappa shape index (κ1) is 24.0. The first-order chi connectivity index (χ1) is 15.4. The van der Waals surface area contributed by atoms with E-state index in [4.69, 9.17) is 23.2 Å². The minimum atomic E-state index is -1.29. The molecule has 0 bridgehead atoms. The number of aliphatic hydroxyl groups is 1. The summed E-state index contributed by atoms with van der Waals surface area (Å²) >= 11 is 12.5. The van der Waals surface area contributed by atoms with Crippen molar-refractivity contribution in [3.05, 3.63) is 73.8 Å². The quantitative estimate of drug-likeness (QED) is 0.451. The van der Waals surface area contributed by atoms with Crippen molar-refractivity contribution in [1.82, 2.24) is 4.90 Å². The lowest BCUT2D eigenvalue weighted by Crippen LogP contribution is -2.52. The van der Waals surface area contributed by atoms with E-state index >= 15 is 0 Å². The number of nitrogens with one attached hydrogen (secondary N) is 1. The summed E-state index contributed by atoms with van der Waals surface area (Å²) in [7, 11) is 0. The van der Waals surface area contributed by atoms with E-state index in [0.29, 0.717) is 39.3 Å². The lowest BCUT2D eigenvalue weighted by Gasteiger charge is -2.38. The van der Waals surface area contributed by atoms with Gasteiger partial charge in [0.05, 0.1) is 12.0 Å². The molecule has 2 aliphatic heterocycles. The molecular formula is C24H27Cl2N3O4. The molecule has 0 radical (unpaired) electrons. The van der Waals surface area contributed by atoms with Crippen LogP contribution >= 0.6 is 23.2 Å². The lowest BCUT2D eigenvalue weighted by atomic mass is 9.73. The molecule has 0 aromatic heterocycles. The van der Waals surface area contributed by atoms with Crippen LogP contribution < -0.4 is 5.32 Å². The Morgan fingerprint density at radius 2 is 1.91 bits per heavy atom. The molecule has 3 aliphatic rings. The number of likely N-dealkylation sites (tertiary alicyclic amines) is 1. The summed E-state index contributed by atoms with van der Waals surface area (Å²) in [5, 5.41) is 26.2. The standard InChI is InChI=1S/C23H23Cl2N3O4.CH4/c24-15-3-1-2-14(10-15)20-21(28(31)32)19(8-9-29)27(12-13-4-5-13)23(20)17-7-6-16(25)11-18(17)26-22(23)30;/h1-3,6-7,10-11,13,19-21,29H,4-5,8-9,12H2,(H,26,30);1H4/t19-,20-,21+,23+;/m0./s1. The van der Waals surface area contributed by atoms with Crippen molar-refractivity contribution in [3.63, 3.8) is 0 Å². The molecule has 4 atom stereocenters. The smallest absolute Gasteiger partial charge is 0.250 e. The number of hydrogen-bond acceptors (Lipinski definition) is 5. The Hall–Kier alpha value is -2.19. The van der Waals surface area contributed by atoms with Crippen LogP contribution in [0, 0.1) is 16.0 Å². The fourth-order valence-corrected chi connectivity index (χ4v) is 6.07. The number of carbonyl (C=O) groups excluding carboxylic acids is 1. The number of carbonyl (C=O) groups is 1. The molecule has 2 heterocycles. The van der Waals surface area contributed by atoms with Gasteiger partial charge < -0.3 is 10.4 Å². The number of aliphatic hydroxyl groups excluding tert-OH is 1. The Morgan fingerprint density at radius 1 is 1.18 bits per heavy atom. The van der Waals surface area contributed by atoms with E-state index in [0.717, 1.165) is 12.8 Å². The van der Waals surface area contributed by atoms with E-state index < -0.39 is 23.5 Å². The van der Waals surface area contributed by atoms with Crippen LogP contribution in [0.2, 0.25) is 10.0 Å². The second kappa shape index (κ2) is 8.87. The third-order valence-corrected chi connectivity index (χ3v) is 7.52. The van der Waals surface area contributed by atoms with Gasteiger partial charge in [-0.2, -0.15) is 0 Å². The van der Waals surface area contributed by atoms with Crippen molar-refractivity contribution in [2.24, 2.45) is 5.92 Å². The van der Waals surface area contributed by atoms with Crippen LogP contribution in [0.3, 0.4) is 0 Å². The summed E-state index contributed by atoms with van der Waals surface area (Å²) in [4.78, 5) is 28.1. The summed E-state index contributed by atoms with van der Waals surface area (Å²) < 4.78 is 0. The number of benzene rings is 2. The van der Waals surface area contributed by atoms with Gasteiger partial charge in [-0.05, 0) is 55.0 Å². The van der Waals surface area contributed by atoms with Crippen molar-refractivity contribution in [2.45, 2.75) is 50.2 Å². The molecule has 5 rings (SSSR count). The van der Waals surface area contributed by atoms with E-state index in [-0.39, 0.29) is 31.3 Å². The van der Waals surface area contributed by atoms with Gasteiger partial charge in [-0.1, -0.05) is 48.8 Å². The zero-order valence-corrected chi connectivity index (χ0v) is 18.7. The van der Waals surface area contributed by atoms with Crippen molar-refractivity contribution >= 4 is 34.8 Å². The van der Waals surface area contributed by atoms with Gasteiger partial charge in [0.2, 0.25) is 6.04 Å². The number of nitro groups is 1. The Kier molecular flexibility index (Phi) is 6.44. The fraction of sp³-hybridized carbons (Fsp3) is 0.458. The van der Waals surface area contributed by atoms with E-state index in [9.17, 15) is 20.0 Å². The van der Waals surface area contributed by atoms with E-state index in [2.05, 4.69) is 5.32 Å². The van der Waals surface area contributed by atoms with Gasteiger partial charge in [-0.25, -0.2) is 0 Å². The number of anilines is 1. The molecule has 33 heavy (non-hydrogen) atoms. The van der Waals surface area contributed by atoms with Gasteiger partial charge in [0.1, 0.15) is 5.54 Å². The Bertz CT molecular complexity index is 1090. The van der Waals surface area contributed by atoms with Gasteiger partial charge in [-0.15, -0.1) is 0 Å². The van der Waals surface area contributed by atoms with Gasteiger partial charge in [-0.3, -0.25) is 19.8 Å². The maximum atomic E-state index is 13.9. The van der Waals surface area contributed by atoms with Gasteiger partial charge in [0, 0.05) is 39.4 Å².